The van der Waals surface area contributed by atoms with Crippen molar-refractivity contribution in [2.24, 2.45) is 0 Å². The monoisotopic (exact) mass is 196 g/mol. The smallest absolute Gasteiger partial charge is 0.374 e. The van der Waals surface area contributed by atoms with Gasteiger partial charge in [-0.1, -0.05) is 5.16 Å². The first-order valence-corrected chi connectivity index (χ1v) is 4.30. The van der Waals surface area contributed by atoms with Crippen LogP contribution in [0.5, 0.6) is 0 Å². The van der Waals surface area contributed by atoms with Gasteiger partial charge in [0.1, 0.15) is 11.4 Å². The van der Waals surface area contributed by atoms with Gasteiger partial charge in [-0.15, -0.1) is 11.3 Å². The minimum atomic E-state index is -1.13. The number of hydrogen-bond acceptors (Lipinski definition) is 5. The number of carboxylic acid groups (broad SMARTS) is 1. The number of nitrogens with zero attached hydrogens (tertiary/aromatic N) is 2. The number of aromatic carboxylic acids is 1. The molecule has 2 heterocycles. The Morgan fingerprint density at radius 2 is 2.38 bits per heavy atom. The normalized spacial score (nSPS) is 10.2. The maximum absolute atomic E-state index is 10.4. The minimum absolute atomic E-state index is 0.178. The second-order valence-electron chi connectivity index (χ2n) is 2.26. The summed E-state index contributed by atoms with van der Waals surface area (Å²) in [7, 11) is 0. The van der Waals surface area contributed by atoms with Crippen LogP contribution in [0.25, 0.3) is 11.4 Å². The van der Waals surface area contributed by atoms with Crippen molar-refractivity contribution >= 4 is 17.3 Å². The molecule has 2 aromatic rings. The lowest BCUT2D eigenvalue weighted by Crippen LogP contribution is -1.91. The molecule has 66 valence electrons. The van der Waals surface area contributed by atoms with Gasteiger partial charge < -0.3 is 9.63 Å². The van der Waals surface area contributed by atoms with Crippen LogP contribution in [0.3, 0.4) is 0 Å². The molecule has 0 aliphatic heterocycles. The Kier molecular flexibility index (Phi) is 1.82. The standard InChI is InChI=1S/C7H4N2O3S/c10-7(11)6-1-4(9-12-6)5-2-13-3-8-5/h1-3H,(H,10,11). The lowest BCUT2D eigenvalue weighted by Gasteiger charge is -1.81. The van der Waals surface area contributed by atoms with Crippen LogP contribution in [0.1, 0.15) is 10.6 Å². The third-order valence-corrected chi connectivity index (χ3v) is 2.00. The van der Waals surface area contributed by atoms with Crippen molar-refractivity contribution < 1.29 is 14.4 Å². The van der Waals surface area contributed by atoms with E-state index in [2.05, 4.69) is 14.7 Å². The van der Waals surface area contributed by atoms with Crippen molar-refractivity contribution in [3.05, 3.63) is 22.7 Å². The second-order valence-corrected chi connectivity index (χ2v) is 2.97. The van der Waals surface area contributed by atoms with Gasteiger partial charge in [0.05, 0.1) is 5.51 Å². The average molecular weight is 196 g/mol. The van der Waals surface area contributed by atoms with Crippen LogP contribution in [-0.4, -0.2) is 21.2 Å². The molecule has 0 bridgehead atoms. The van der Waals surface area contributed by atoms with E-state index in [1.165, 1.54) is 17.4 Å². The molecule has 0 aliphatic carbocycles. The highest BCUT2D eigenvalue weighted by molar-refractivity contribution is 7.07. The molecule has 0 amide bonds. The lowest BCUT2D eigenvalue weighted by molar-refractivity contribution is 0.0652. The first kappa shape index (κ1) is 7.93. The summed E-state index contributed by atoms with van der Waals surface area (Å²) < 4.78 is 4.56. The largest absolute Gasteiger partial charge is 0.475 e. The number of thiazole rings is 1. The number of aromatic nitrogens is 2. The molecule has 0 saturated carbocycles. The molecule has 2 rings (SSSR count). The molecule has 0 fully saturated rings. The summed E-state index contributed by atoms with van der Waals surface area (Å²) in [5.74, 6) is -1.31. The molecule has 0 spiro atoms. The molecular formula is C7H4N2O3S. The molecular weight excluding hydrogens is 192 g/mol. The zero-order valence-corrected chi connectivity index (χ0v) is 7.11. The topological polar surface area (TPSA) is 76.2 Å². The molecule has 2 aromatic heterocycles. The van der Waals surface area contributed by atoms with Crippen LogP contribution in [0, 0.1) is 0 Å². The van der Waals surface area contributed by atoms with E-state index in [1.807, 2.05) is 0 Å². The summed E-state index contributed by atoms with van der Waals surface area (Å²) in [6, 6.07) is 1.34. The molecule has 0 unspecified atom stereocenters. The third kappa shape index (κ3) is 1.43. The zero-order chi connectivity index (χ0) is 9.26. The maximum Gasteiger partial charge on any atom is 0.374 e. The van der Waals surface area contributed by atoms with Gasteiger partial charge in [-0.25, -0.2) is 9.78 Å². The van der Waals surface area contributed by atoms with Crippen molar-refractivity contribution in [2.75, 3.05) is 0 Å². The van der Waals surface area contributed by atoms with Crippen molar-refractivity contribution in [3.63, 3.8) is 0 Å². The van der Waals surface area contributed by atoms with Gasteiger partial charge in [-0.05, 0) is 0 Å². The number of carbonyl (C=O) groups is 1. The number of carboxylic acids is 1. The quantitative estimate of drug-likeness (QED) is 0.787. The summed E-state index contributed by atoms with van der Waals surface area (Å²) in [5.41, 5.74) is 2.71. The Balaban J connectivity index is 2.39. The average Bonchev–Trinajstić information content (AvgIpc) is 2.75. The van der Waals surface area contributed by atoms with E-state index in [4.69, 9.17) is 5.11 Å². The Labute approximate surface area is 76.6 Å². The highest BCUT2D eigenvalue weighted by Crippen LogP contribution is 2.18. The van der Waals surface area contributed by atoms with E-state index in [0.29, 0.717) is 11.4 Å². The van der Waals surface area contributed by atoms with Crippen molar-refractivity contribution in [1.29, 1.82) is 0 Å². The van der Waals surface area contributed by atoms with Gasteiger partial charge in [-0.2, -0.15) is 0 Å². The van der Waals surface area contributed by atoms with Gasteiger partial charge in [0.2, 0.25) is 5.76 Å². The van der Waals surface area contributed by atoms with E-state index >= 15 is 0 Å². The first-order valence-electron chi connectivity index (χ1n) is 3.36. The van der Waals surface area contributed by atoms with Crippen LogP contribution < -0.4 is 0 Å². The fourth-order valence-electron chi connectivity index (χ4n) is 0.836. The highest BCUT2D eigenvalue weighted by Gasteiger charge is 2.12. The molecule has 0 aromatic carbocycles. The van der Waals surface area contributed by atoms with Gasteiger partial charge in [-0.3, -0.25) is 0 Å². The van der Waals surface area contributed by atoms with E-state index in [1.54, 1.807) is 10.9 Å². The summed E-state index contributed by atoms with van der Waals surface area (Å²) in [4.78, 5) is 14.4. The SMILES string of the molecule is O=C(O)c1cc(-c2cscn2)no1. The Hall–Kier alpha value is -1.69. The van der Waals surface area contributed by atoms with E-state index in [9.17, 15) is 4.79 Å². The van der Waals surface area contributed by atoms with Crippen LogP contribution in [0.15, 0.2) is 21.5 Å². The summed E-state index contributed by atoms with van der Waals surface area (Å²) >= 11 is 1.41. The predicted molar refractivity (Wildman–Crippen MR) is 44.6 cm³/mol. The second kappa shape index (κ2) is 2.98. The Morgan fingerprint density at radius 3 is 2.92 bits per heavy atom. The molecule has 0 saturated heterocycles. The van der Waals surface area contributed by atoms with Gasteiger partial charge in [0, 0.05) is 11.4 Å². The van der Waals surface area contributed by atoms with E-state index < -0.39 is 5.97 Å². The molecule has 0 atom stereocenters. The maximum atomic E-state index is 10.4. The fraction of sp³-hybridized carbons (Fsp3) is 0. The molecule has 0 aliphatic rings. The van der Waals surface area contributed by atoms with Crippen molar-refractivity contribution in [2.45, 2.75) is 0 Å². The van der Waals surface area contributed by atoms with Crippen LogP contribution in [0.2, 0.25) is 0 Å². The highest BCUT2D eigenvalue weighted by atomic mass is 32.1. The summed E-state index contributed by atoms with van der Waals surface area (Å²) in [5, 5.41) is 13.9. The summed E-state index contributed by atoms with van der Waals surface area (Å²) in [6.07, 6.45) is 0. The Bertz CT molecular complexity index is 421. The van der Waals surface area contributed by atoms with Gasteiger partial charge in [0.25, 0.3) is 0 Å². The van der Waals surface area contributed by atoms with Gasteiger partial charge >= 0.3 is 5.97 Å². The van der Waals surface area contributed by atoms with Crippen molar-refractivity contribution in [1.82, 2.24) is 10.1 Å². The predicted octanol–water partition coefficient (Wildman–Crippen LogP) is 1.50. The van der Waals surface area contributed by atoms with E-state index in [-0.39, 0.29) is 5.76 Å². The number of hydrogen-bond donors (Lipinski definition) is 1. The minimum Gasteiger partial charge on any atom is -0.475 e. The van der Waals surface area contributed by atoms with Crippen LogP contribution >= 0.6 is 11.3 Å². The zero-order valence-electron chi connectivity index (χ0n) is 6.30. The van der Waals surface area contributed by atoms with Gasteiger partial charge in [0.15, 0.2) is 0 Å². The van der Waals surface area contributed by atoms with Crippen LogP contribution in [-0.2, 0) is 0 Å². The molecule has 13 heavy (non-hydrogen) atoms. The molecule has 5 nitrogen and oxygen atoms in total. The number of rotatable bonds is 2. The lowest BCUT2D eigenvalue weighted by atomic mass is 10.3. The first-order chi connectivity index (χ1) is 6.27. The molecule has 1 N–H and O–H groups in total. The van der Waals surface area contributed by atoms with Crippen molar-refractivity contribution in [3.8, 4) is 11.4 Å². The summed E-state index contributed by atoms with van der Waals surface area (Å²) in [6.45, 7) is 0. The third-order valence-electron chi connectivity index (χ3n) is 1.42. The van der Waals surface area contributed by atoms with E-state index in [0.717, 1.165) is 0 Å². The fourth-order valence-corrected chi connectivity index (χ4v) is 1.38. The van der Waals surface area contributed by atoms with Crippen LogP contribution in [0.4, 0.5) is 0 Å². The molecule has 0 radical (unpaired) electrons. The Morgan fingerprint density at radius 1 is 1.54 bits per heavy atom. The molecule has 6 heteroatoms.